The van der Waals surface area contributed by atoms with Gasteiger partial charge in [0.25, 0.3) is 0 Å². The molecule has 2 aliphatic carbocycles. The van der Waals surface area contributed by atoms with Crippen molar-refractivity contribution in [3.8, 4) is 11.6 Å². The van der Waals surface area contributed by atoms with Crippen LogP contribution in [-0.2, 0) is 24.0 Å². The van der Waals surface area contributed by atoms with Gasteiger partial charge in [-0.2, -0.15) is 8.42 Å². The number of pyridine rings is 1. The molecule has 0 radical (unpaired) electrons. The molecule has 13 heteroatoms. The number of fused-ring (bicyclic) bond motifs is 1. The van der Waals surface area contributed by atoms with Gasteiger partial charge in [-0.1, -0.05) is 26.0 Å². The first kappa shape index (κ1) is 33.5. The third-order valence-electron chi connectivity index (χ3n) is 8.64. The summed E-state index contributed by atoms with van der Waals surface area (Å²) in [7, 11) is -2.60. The highest BCUT2D eigenvalue weighted by molar-refractivity contribution is 7.84. The summed E-state index contributed by atoms with van der Waals surface area (Å²) < 4.78 is 51.2. The van der Waals surface area contributed by atoms with Crippen molar-refractivity contribution in [1.82, 2.24) is 19.9 Å². The Labute approximate surface area is 270 Å². The van der Waals surface area contributed by atoms with Gasteiger partial charge in [-0.05, 0) is 76.1 Å². The van der Waals surface area contributed by atoms with E-state index in [9.17, 15) is 18.0 Å². The monoisotopic (exact) mass is 656 g/mol. The van der Waals surface area contributed by atoms with Crippen molar-refractivity contribution in [3.05, 3.63) is 55.4 Å². The highest BCUT2D eigenvalue weighted by Gasteiger charge is 2.58. The summed E-state index contributed by atoms with van der Waals surface area (Å²) in [5, 5.41) is 4.60. The average molecular weight is 657 g/mol. The molecule has 46 heavy (non-hydrogen) atoms. The van der Waals surface area contributed by atoms with Crippen molar-refractivity contribution in [1.29, 1.82) is 0 Å². The van der Waals surface area contributed by atoms with E-state index in [0.29, 0.717) is 37.3 Å². The summed E-state index contributed by atoms with van der Waals surface area (Å²) >= 11 is 0. The van der Waals surface area contributed by atoms with Crippen molar-refractivity contribution in [2.24, 2.45) is 5.92 Å². The molecule has 1 saturated heterocycles. The SMILES string of the molecule is C=C[C@@H]1C[C@]1(NC(=O)[C@@H]1C[C@@H](Oc2nccc3cc(OC)ccc23)CN1C(=O)OC(C)(C)C)C(=C)NS(=O)(=O)OC1(CCC)CC1. The fourth-order valence-corrected chi connectivity index (χ4v) is 7.31. The van der Waals surface area contributed by atoms with E-state index < -0.39 is 51.2 Å². The summed E-state index contributed by atoms with van der Waals surface area (Å²) in [6.45, 7) is 15.1. The molecular formula is C33H44N4O8S. The quantitative estimate of drug-likeness (QED) is 0.292. The minimum absolute atomic E-state index is 0.0695. The number of rotatable bonds is 13. The van der Waals surface area contributed by atoms with E-state index in [0.717, 1.165) is 17.2 Å². The Morgan fingerprint density at radius 1 is 1.22 bits per heavy atom. The van der Waals surface area contributed by atoms with Gasteiger partial charge in [0.2, 0.25) is 11.8 Å². The first-order valence-corrected chi connectivity index (χ1v) is 17.0. The van der Waals surface area contributed by atoms with Gasteiger partial charge < -0.3 is 19.5 Å². The number of hydrogen-bond acceptors (Lipinski definition) is 9. The number of nitrogens with one attached hydrogen (secondary N) is 2. The molecule has 3 aliphatic rings. The predicted molar refractivity (Wildman–Crippen MR) is 172 cm³/mol. The maximum Gasteiger partial charge on any atom is 0.411 e. The number of ether oxygens (including phenoxy) is 3. The van der Waals surface area contributed by atoms with Crippen molar-refractivity contribution >= 4 is 33.1 Å². The maximum atomic E-state index is 14.0. The van der Waals surface area contributed by atoms with Gasteiger partial charge in [-0.15, -0.1) is 6.58 Å². The average Bonchev–Trinajstić information content (AvgIpc) is 3.85. The fraction of sp³-hybridized carbons (Fsp3) is 0.545. The van der Waals surface area contributed by atoms with Crippen LogP contribution in [0.1, 0.15) is 66.2 Å². The molecule has 2 N–H and O–H groups in total. The number of nitrogens with zero attached hydrogens (tertiary/aromatic N) is 2. The number of carbonyl (C=O) groups excluding carboxylic acids is 2. The summed E-state index contributed by atoms with van der Waals surface area (Å²) in [6.07, 6.45) is 5.30. The van der Waals surface area contributed by atoms with Crippen LogP contribution in [0, 0.1) is 5.92 Å². The van der Waals surface area contributed by atoms with Crippen LogP contribution >= 0.6 is 0 Å². The van der Waals surface area contributed by atoms with Gasteiger partial charge in [0.15, 0.2) is 0 Å². The van der Waals surface area contributed by atoms with E-state index in [2.05, 4.69) is 28.2 Å². The van der Waals surface area contributed by atoms with Crippen molar-refractivity contribution < 1.29 is 36.4 Å². The summed E-state index contributed by atoms with van der Waals surface area (Å²) in [5.41, 5.74) is -2.55. The number of amides is 2. The van der Waals surface area contributed by atoms with Crippen LogP contribution in [0.5, 0.6) is 11.6 Å². The molecule has 2 amide bonds. The molecule has 1 aromatic carbocycles. The third-order valence-corrected chi connectivity index (χ3v) is 9.71. The van der Waals surface area contributed by atoms with Crippen molar-refractivity contribution in [3.63, 3.8) is 0 Å². The topological polar surface area (TPSA) is 145 Å². The molecule has 1 aliphatic heterocycles. The van der Waals surface area contributed by atoms with Crippen LogP contribution in [0.15, 0.2) is 55.4 Å². The summed E-state index contributed by atoms with van der Waals surface area (Å²) in [4.78, 5) is 33.1. The van der Waals surface area contributed by atoms with Crippen LogP contribution in [0.3, 0.4) is 0 Å². The Morgan fingerprint density at radius 3 is 2.57 bits per heavy atom. The Bertz CT molecular complexity index is 1630. The zero-order chi connectivity index (χ0) is 33.5. The molecule has 5 rings (SSSR count). The number of likely N-dealkylation sites (tertiary alicyclic amines) is 1. The predicted octanol–water partition coefficient (Wildman–Crippen LogP) is 4.76. The second-order valence-corrected chi connectivity index (χ2v) is 14.7. The second-order valence-electron chi connectivity index (χ2n) is 13.4. The number of carbonyl (C=O) groups is 2. The molecule has 2 heterocycles. The Hall–Kier alpha value is -3.84. The van der Waals surface area contributed by atoms with E-state index in [1.165, 1.54) is 4.90 Å². The van der Waals surface area contributed by atoms with E-state index >= 15 is 0 Å². The van der Waals surface area contributed by atoms with Gasteiger partial charge in [0.05, 0.1) is 24.8 Å². The molecule has 2 aromatic rings. The van der Waals surface area contributed by atoms with Crippen molar-refractivity contribution in [2.75, 3.05) is 13.7 Å². The number of methoxy groups -OCH3 is 1. The number of aromatic nitrogens is 1. The zero-order valence-electron chi connectivity index (χ0n) is 27.1. The normalized spacial score (nSPS) is 25.0. The lowest BCUT2D eigenvalue weighted by atomic mass is 10.1. The van der Waals surface area contributed by atoms with Crippen LogP contribution in [0.4, 0.5) is 4.79 Å². The summed E-state index contributed by atoms with van der Waals surface area (Å²) in [6, 6.07) is 6.39. The Kier molecular flexibility index (Phi) is 9.04. The van der Waals surface area contributed by atoms with E-state index in [1.54, 1.807) is 46.2 Å². The molecule has 12 nitrogen and oxygen atoms in total. The van der Waals surface area contributed by atoms with E-state index in [4.69, 9.17) is 18.4 Å². The zero-order valence-corrected chi connectivity index (χ0v) is 27.9. The lowest BCUT2D eigenvalue weighted by Gasteiger charge is -2.30. The highest BCUT2D eigenvalue weighted by atomic mass is 32.2. The van der Waals surface area contributed by atoms with Crippen molar-refractivity contribution in [2.45, 2.75) is 95.1 Å². The molecule has 1 aromatic heterocycles. The van der Waals surface area contributed by atoms with Gasteiger partial charge >= 0.3 is 16.4 Å². The Morgan fingerprint density at radius 2 is 1.96 bits per heavy atom. The fourth-order valence-electron chi connectivity index (χ4n) is 6.07. The lowest BCUT2D eigenvalue weighted by Crippen LogP contribution is -2.53. The van der Waals surface area contributed by atoms with Gasteiger partial charge in [-0.25, -0.2) is 14.0 Å². The van der Waals surface area contributed by atoms with Crippen LogP contribution in [0.25, 0.3) is 10.8 Å². The van der Waals surface area contributed by atoms with Crippen LogP contribution in [0.2, 0.25) is 0 Å². The number of hydrogen-bond donors (Lipinski definition) is 2. The third kappa shape index (κ3) is 7.25. The standard InChI is InChI=1S/C33H44N4O8S/c1-8-13-32(14-15-32)45-46(40,41)36-21(3)33(19-23(33)9-2)35-28(38)27-18-25(20-37(27)30(39)44-31(4,5)6)43-29-26-11-10-24(42-7)17-22(26)12-16-34-29/h9-12,16-17,23,25,27,36H,2-3,8,13-15,18-20H2,1,4-7H3,(H,35,38)/t23-,25-,27+,33+/m1/s1. The molecule has 0 spiro atoms. The van der Waals surface area contributed by atoms with Gasteiger partial charge in [-0.3, -0.25) is 14.4 Å². The van der Waals surface area contributed by atoms with Crippen LogP contribution < -0.4 is 19.5 Å². The molecule has 0 bridgehead atoms. The minimum Gasteiger partial charge on any atom is -0.497 e. The first-order chi connectivity index (χ1) is 21.6. The molecule has 0 unspecified atom stereocenters. The van der Waals surface area contributed by atoms with Crippen LogP contribution in [-0.4, -0.2) is 72.8 Å². The molecule has 2 saturated carbocycles. The molecular weight excluding hydrogens is 612 g/mol. The van der Waals surface area contributed by atoms with E-state index in [1.807, 2.05) is 25.1 Å². The lowest BCUT2D eigenvalue weighted by molar-refractivity contribution is -0.126. The smallest absolute Gasteiger partial charge is 0.411 e. The summed E-state index contributed by atoms with van der Waals surface area (Å²) in [5.74, 6) is 0.272. The van der Waals surface area contributed by atoms with E-state index in [-0.39, 0.29) is 24.6 Å². The second kappa shape index (κ2) is 12.4. The van der Waals surface area contributed by atoms with Gasteiger partial charge in [0, 0.05) is 29.6 Å². The highest BCUT2D eigenvalue weighted by Crippen LogP contribution is 2.50. The number of benzene rings is 1. The molecule has 250 valence electrons. The maximum absolute atomic E-state index is 14.0. The largest absolute Gasteiger partial charge is 0.497 e. The first-order valence-electron chi connectivity index (χ1n) is 15.6. The van der Waals surface area contributed by atoms with Gasteiger partial charge in [0.1, 0.15) is 23.5 Å². The Balaban J connectivity index is 1.35. The molecule has 4 atom stereocenters. The minimum atomic E-state index is -4.19. The molecule has 3 fully saturated rings.